The molecule has 0 bridgehead atoms. The minimum Gasteiger partial charge on any atom is -0.339 e. The number of hydrogen-bond acceptors (Lipinski definition) is 3. The molecule has 1 aliphatic rings. The van der Waals surface area contributed by atoms with Gasteiger partial charge in [-0.1, -0.05) is 37.6 Å². The van der Waals surface area contributed by atoms with Crippen LogP contribution in [0.5, 0.6) is 0 Å². The third kappa shape index (κ3) is 4.42. The topological polar surface area (TPSA) is 58.4 Å². The third-order valence-electron chi connectivity index (χ3n) is 5.70. The molecule has 1 aliphatic heterocycles. The van der Waals surface area contributed by atoms with E-state index < -0.39 is 0 Å². The number of carbonyl (C=O) groups excluding carboxylic acids is 2. The second-order valence-electron chi connectivity index (χ2n) is 8.45. The normalized spacial score (nSPS) is 14.2. The highest BCUT2D eigenvalue weighted by atomic mass is 19.1. The molecule has 0 aliphatic carbocycles. The Bertz CT molecular complexity index is 1130. The van der Waals surface area contributed by atoms with Gasteiger partial charge in [-0.3, -0.25) is 9.59 Å². The van der Waals surface area contributed by atoms with E-state index in [1.165, 1.54) is 12.1 Å². The van der Waals surface area contributed by atoms with Crippen molar-refractivity contribution in [3.63, 3.8) is 0 Å². The lowest BCUT2D eigenvalue weighted by molar-refractivity contribution is -0.135. The van der Waals surface area contributed by atoms with Gasteiger partial charge in [-0.25, -0.2) is 9.07 Å². The summed E-state index contributed by atoms with van der Waals surface area (Å²) in [5.41, 5.74) is 3.67. The predicted octanol–water partition coefficient (Wildman–Crippen LogP) is 3.93. The van der Waals surface area contributed by atoms with Gasteiger partial charge in [0.1, 0.15) is 11.5 Å². The van der Waals surface area contributed by atoms with Crippen LogP contribution >= 0.6 is 0 Å². The molecule has 0 spiro atoms. The molecule has 2 amide bonds. The molecule has 0 radical (unpaired) electrons. The minimum absolute atomic E-state index is 0.0564. The van der Waals surface area contributed by atoms with Crippen LogP contribution in [0.3, 0.4) is 0 Å². The zero-order valence-corrected chi connectivity index (χ0v) is 18.6. The van der Waals surface area contributed by atoms with Crippen LogP contribution in [0.1, 0.15) is 29.8 Å². The molecule has 1 aromatic heterocycles. The first-order valence-electron chi connectivity index (χ1n) is 10.8. The summed E-state index contributed by atoms with van der Waals surface area (Å²) in [6.07, 6.45) is 1.71. The molecule has 32 heavy (non-hydrogen) atoms. The Morgan fingerprint density at radius 1 is 0.969 bits per heavy atom. The number of halogens is 1. The fraction of sp³-hybridized carbons (Fsp3) is 0.320. The van der Waals surface area contributed by atoms with Gasteiger partial charge in [0, 0.05) is 43.9 Å². The molecule has 0 unspecified atom stereocenters. The van der Waals surface area contributed by atoms with Crippen molar-refractivity contribution >= 4 is 11.8 Å². The molecular weight excluding hydrogens is 407 g/mol. The van der Waals surface area contributed by atoms with Crippen LogP contribution in [0.2, 0.25) is 0 Å². The number of aryl methyl sites for hydroxylation is 1. The number of piperazine rings is 1. The summed E-state index contributed by atoms with van der Waals surface area (Å²) in [6.45, 7) is 7.77. The summed E-state index contributed by atoms with van der Waals surface area (Å²) in [4.78, 5) is 29.4. The van der Waals surface area contributed by atoms with E-state index in [1.54, 1.807) is 27.9 Å². The van der Waals surface area contributed by atoms with Gasteiger partial charge in [-0.15, -0.1) is 0 Å². The number of amides is 2. The van der Waals surface area contributed by atoms with Gasteiger partial charge in [0.15, 0.2) is 0 Å². The number of rotatable bonds is 4. The summed E-state index contributed by atoms with van der Waals surface area (Å²) in [7, 11) is 0. The second-order valence-corrected chi connectivity index (χ2v) is 8.45. The van der Waals surface area contributed by atoms with Crippen molar-refractivity contribution in [2.75, 3.05) is 26.2 Å². The van der Waals surface area contributed by atoms with Crippen LogP contribution in [0.4, 0.5) is 4.39 Å². The minimum atomic E-state index is -0.329. The molecule has 1 saturated heterocycles. The van der Waals surface area contributed by atoms with Gasteiger partial charge in [-0.2, -0.15) is 5.10 Å². The Kier molecular flexibility index (Phi) is 6.08. The van der Waals surface area contributed by atoms with E-state index in [9.17, 15) is 14.0 Å². The first-order chi connectivity index (χ1) is 15.3. The molecule has 2 heterocycles. The number of hydrogen-bond donors (Lipinski definition) is 0. The van der Waals surface area contributed by atoms with E-state index in [1.807, 2.05) is 49.9 Å². The second kappa shape index (κ2) is 8.94. The van der Waals surface area contributed by atoms with Crippen molar-refractivity contribution in [3.8, 4) is 16.9 Å². The number of aromatic nitrogens is 2. The van der Waals surface area contributed by atoms with Crippen molar-refractivity contribution in [3.05, 3.63) is 71.7 Å². The van der Waals surface area contributed by atoms with Crippen molar-refractivity contribution < 1.29 is 14.0 Å². The molecular formula is C25H27FN4O2. The van der Waals surface area contributed by atoms with Crippen molar-refractivity contribution in [1.29, 1.82) is 0 Å². The lowest BCUT2D eigenvalue weighted by Crippen LogP contribution is -2.51. The van der Waals surface area contributed by atoms with Crippen molar-refractivity contribution in [2.45, 2.75) is 20.8 Å². The van der Waals surface area contributed by atoms with E-state index in [-0.39, 0.29) is 23.5 Å². The maximum atomic E-state index is 13.5. The lowest BCUT2D eigenvalue weighted by Gasteiger charge is -2.35. The molecule has 0 atom stereocenters. The summed E-state index contributed by atoms with van der Waals surface area (Å²) in [5, 5.41) is 4.69. The number of nitrogens with zero attached hydrogens (tertiary/aromatic N) is 4. The van der Waals surface area contributed by atoms with Gasteiger partial charge < -0.3 is 9.80 Å². The predicted molar refractivity (Wildman–Crippen MR) is 121 cm³/mol. The fourth-order valence-corrected chi connectivity index (χ4v) is 3.93. The van der Waals surface area contributed by atoms with Gasteiger partial charge in [0.25, 0.3) is 5.91 Å². The maximum absolute atomic E-state index is 13.5. The Balaban J connectivity index is 1.65. The van der Waals surface area contributed by atoms with Crippen LogP contribution < -0.4 is 0 Å². The molecule has 6 nitrogen and oxygen atoms in total. The van der Waals surface area contributed by atoms with E-state index in [0.29, 0.717) is 43.1 Å². The number of carbonyl (C=O) groups is 2. The molecule has 7 heteroatoms. The molecule has 3 aromatic rings. The molecule has 1 fully saturated rings. The highest BCUT2D eigenvalue weighted by Gasteiger charge is 2.29. The number of benzene rings is 2. The summed E-state index contributed by atoms with van der Waals surface area (Å²) in [6, 6.07) is 13.9. The van der Waals surface area contributed by atoms with Gasteiger partial charge >= 0.3 is 0 Å². The highest BCUT2D eigenvalue weighted by Crippen LogP contribution is 2.26. The lowest BCUT2D eigenvalue weighted by atomic mass is 10.0. The SMILES string of the molecule is Cc1cccc(-c2nn(-c3ccc(F)cc3)cc2C(=O)N2CCN(C(=O)C(C)C)CC2)c1. The standard InChI is InChI=1S/C25H27FN4O2/c1-17(2)24(31)28-11-13-29(14-12-28)25(32)22-16-30(21-9-7-20(26)8-10-21)27-23(22)19-6-4-5-18(3)15-19/h4-10,15-17H,11-14H2,1-3H3. The van der Waals surface area contributed by atoms with Crippen LogP contribution in [0.25, 0.3) is 16.9 Å². The average Bonchev–Trinajstić information content (AvgIpc) is 3.24. The fourth-order valence-electron chi connectivity index (χ4n) is 3.93. The Labute approximate surface area is 187 Å². The van der Waals surface area contributed by atoms with Crippen LogP contribution in [0.15, 0.2) is 54.7 Å². The quantitative estimate of drug-likeness (QED) is 0.625. The zero-order valence-electron chi connectivity index (χ0n) is 18.6. The Hall–Kier alpha value is -3.48. The molecule has 2 aromatic carbocycles. The molecule has 166 valence electrons. The maximum Gasteiger partial charge on any atom is 0.257 e. The Morgan fingerprint density at radius 3 is 2.25 bits per heavy atom. The van der Waals surface area contributed by atoms with Gasteiger partial charge in [0.05, 0.1) is 11.3 Å². The van der Waals surface area contributed by atoms with Gasteiger partial charge in [-0.05, 0) is 37.3 Å². The zero-order chi connectivity index (χ0) is 22.8. The van der Waals surface area contributed by atoms with Crippen molar-refractivity contribution in [1.82, 2.24) is 19.6 Å². The van der Waals surface area contributed by atoms with Gasteiger partial charge in [0.2, 0.25) is 5.91 Å². The largest absolute Gasteiger partial charge is 0.339 e. The molecule has 0 saturated carbocycles. The van der Waals surface area contributed by atoms with E-state index >= 15 is 0 Å². The molecule has 0 N–H and O–H groups in total. The average molecular weight is 435 g/mol. The highest BCUT2D eigenvalue weighted by molar-refractivity contribution is 6.00. The van der Waals surface area contributed by atoms with E-state index in [0.717, 1.165) is 11.1 Å². The van der Waals surface area contributed by atoms with Crippen LogP contribution in [-0.4, -0.2) is 57.6 Å². The smallest absolute Gasteiger partial charge is 0.257 e. The van der Waals surface area contributed by atoms with E-state index in [4.69, 9.17) is 0 Å². The van der Waals surface area contributed by atoms with E-state index in [2.05, 4.69) is 5.10 Å². The summed E-state index contributed by atoms with van der Waals surface area (Å²) >= 11 is 0. The Morgan fingerprint density at radius 2 is 1.62 bits per heavy atom. The van der Waals surface area contributed by atoms with Crippen LogP contribution in [0, 0.1) is 18.7 Å². The molecule has 4 rings (SSSR count). The van der Waals surface area contributed by atoms with Crippen LogP contribution in [-0.2, 0) is 4.79 Å². The monoisotopic (exact) mass is 434 g/mol. The van der Waals surface area contributed by atoms with Crippen molar-refractivity contribution in [2.24, 2.45) is 5.92 Å². The first-order valence-corrected chi connectivity index (χ1v) is 10.8. The summed E-state index contributed by atoms with van der Waals surface area (Å²) < 4.78 is 15.0. The first kappa shape index (κ1) is 21.7. The summed E-state index contributed by atoms with van der Waals surface area (Å²) in [5.74, 6) is -0.391. The third-order valence-corrected chi connectivity index (χ3v) is 5.70.